The van der Waals surface area contributed by atoms with Crippen molar-refractivity contribution in [2.24, 2.45) is 0 Å². The summed E-state index contributed by atoms with van der Waals surface area (Å²) < 4.78 is 39.6. The van der Waals surface area contributed by atoms with E-state index < -0.39 is 184 Å². The average Bonchev–Trinajstić information content (AvgIpc) is 4.10. The van der Waals surface area contributed by atoms with Gasteiger partial charge in [0, 0.05) is 0 Å². The van der Waals surface area contributed by atoms with Crippen LogP contribution in [-0.4, -0.2) is 261 Å². The number of ether oxygens (including phenoxy) is 7. The molecule has 17 N–H and O–H groups in total. The Morgan fingerprint density at radius 2 is 0.982 bits per heavy atom. The molecule has 56 heavy (non-hydrogen) atoms. The second-order valence-corrected chi connectivity index (χ2v) is 15.9. The second kappa shape index (κ2) is 15.8. The summed E-state index contributed by atoms with van der Waals surface area (Å²) in [5.74, 6) is 0. The number of hydrogen-bond acceptors (Lipinski definition) is 24. The van der Waals surface area contributed by atoms with E-state index in [1.54, 1.807) is 0 Å². The van der Waals surface area contributed by atoms with Gasteiger partial charge in [-0.2, -0.15) is 0 Å². The molecule has 2 aliphatic carbocycles. The van der Waals surface area contributed by atoms with Crippen LogP contribution in [0, 0.1) is 0 Å². The normalized spacial score (nSPS) is 59.6. The maximum absolute atomic E-state index is 11.2. The largest absolute Gasteiger partial charge is 0.394 e. The van der Waals surface area contributed by atoms with Crippen LogP contribution in [-0.2, 0) is 33.2 Å². The first-order valence-electron chi connectivity index (χ1n) is 18.5. The molecule has 24 heteroatoms. The maximum atomic E-state index is 11.2. The van der Waals surface area contributed by atoms with Gasteiger partial charge in [0.15, 0.2) is 18.9 Å². The molecule has 7 rings (SSSR count). The van der Waals surface area contributed by atoms with E-state index >= 15 is 0 Å². The molecule has 324 valence electrons. The van der Waals surface area contributed by atoms with Crippen molar-refractivity contribution in [2.45, 2.75) is 178 Å². The van der Waals surface area contributed by atoms with Gasteiger partial charge in [0.05, 0.1) is 56.2 Å². The summed E-state index contributed by atoms with van der Waals surface area (Å²) in [6.45, 7) is 0.595. The molecule has 5 saturated heterocycles. The van der Waals surface area contributed by atoms with Crippen molar-refractivity contribution in [2.75, 3.05) is 19.8 Å². The van der Waals surface area contributed by atoms with E-state index in [0.717, 1.165) is 0 Å². The van der Waals surface area contributed by atoms with Crippen LogP contribution in [0.25, 0.3) is 0 Å². The third kappa shape index (κ3) is 6.83. The summed E-state index contributed by atoms with van der Waals surface area (Å²) >= 11 is 0. The molecule has 2 saturated carbocycles. The number of nitrogens with one attached hydrogen (secondary N) is 2. The zero-order valence-electron chi connectivity index (χ0n) is 30.1. The molecule has 0 spiro atoms. The fourth-order valence-corrected chi connectivity index (χ4v) is 9.09. The predicted molar refractivity (Wildman–Crippen MR) is 173 cm³/mol. The maximum Gasteiger partial charge on any atom is 0.187 e. The Bertz CT molecular complexity index is 1380. The predicted octanol–water partition coefficient (Wildman–Crippen LogP) is -11.1. The van der Waals surface area contributed by atoms with Crippen LogP contribution in [0.3, 0.4) is 0 Å². The van der Waals surface area contributed by atoms with Crippen molar-refractivity contribution in [3.8, 4) is 0 Å². The first kappa shape index (κ1) is 43.1. The first-order chi connectivity index (χ1) is 26.4. The third-order valence-electron chi connectivity index (χ3n) is 12.6. The summed E-state index contributed by atoms with van der Waals surface area (Å²) in [4.78, 5) is 0. The van der Waals surface area contributed by atoms with Crippen LogP contribution in [0.4, 0.5) is 0 Å². The van der Waals surface area contributed by atoms with Gasteiger partial charge in [0.25, 0.3) is 0 Å². The smallest absolute Gasteiger partial charge is 0.187 e. The molecule has 24 nitrogen and oxygen atoms in total. The van der Waals surface area contributed by atoms with Gasteiger partial charge in [-0.25, -0.2) is 0 Å². The lowest BCUT2D eigenvalue weighted by molar-refractivity contribution is -0.361. The number of rotatable bonds is 11. The molecule has 0 amide bonds. The zero-order valence-corrected chi connectivity index (χ0v) is 30.1. The van der Waals surface area contributed by atoms with E-state index in [4.69, 9.17) is 33.2 Å². The number of fused-ring (bicyclic) bond motifs is 2. The van der Waals surface area contributed by atoms with Crippen molar-refractivity contribution < 1.29 is 110 Å². The summed E-state index contributed by atoms with van der Waals surface area (Å²) in [5, 5.41) is 165. The molecule has 0 aromatic heterocycles. The average molecular weight is 819 g/mol. The van der Waals surface area contributed by atoms with Gasteiger partial charge in [-0.3, -0.25) is 0 Å². The fraction of sp³-hybridized carbons (Fsp3) is 1.00. The minimum atomic E-state index is -2.00. The van der Waals surface area contributed by atoms with Gasteiger partial charge in [-0.1, -0.05) is 0 Å². The molecule has 5 heterocycles. The molecular formula is C32H54N2O22. The lowest BCUT2D eigenvalue weighted by atomic mass is 9.78. The summed E-state index contributed by atoms with van der Waals surface area (Å²) in [7, 11) is 0. The van der Waals surface area contributed by atoms with Crippen LogP contribution >= 0.6 is 0 Å². The molecule has 0 aromatic carbocycles. The Kier molecular flexibility index (Phi) is 12.2. The van der Waals surface area contributed by atoms with Gasteiger partial charge in [0.2, 0.25) is 0 Å². The number of epoxide rings is 2. The highest BCUT2D eigenvalue weighted by atomic mass is 16.8. The Morgan fingerprint density at radius 1 is 0.500 bits per heavy atom. The van der Waals surface area contributed by atoms with E-state index in [-0.39, 0.29) is 0 Å². The summed E-state index contributed by atoms with van der Waals surface area (Å²) in [5.41, 5.74) is -3.27. The Balaban J connectivity index is 0.988. The minimum absolute atomic E-state index is 0.673. The highest BCUT2D eigenvalue weighted by Crippen LogP contribution is 2.51. The third-order valence-corrected chi connectivity index (χ3v) is 12.6. The van der Waals surface area contributed by atoms with Crippen LogP contribution in [0.2, 0.25) is 0 Å². The van der Waals surface area contributed by atoms with Crippen LogP contribution in [0.5, 0.6) is 0 Å². The highest BCUT2D eigenvalue weighted by molar-refractivity contribution is 5.23. The molecule has 7 fully saturated rings. The Morgan fingerprint density at radius 3 is 1.57 bits per heavy atom. The number of hydrogen-bond donors (Lipinski definition) is 17. The van der Waals surface area contributed by atoms with Crippen molar-refractivity contribution in [1.29, 1.82) is 0 Å². The zero-order chi connectivity index (χ0) is 40.9. The molecule has 0 radical (unpaired) electrons. The van der Waals surface area contributed by atoms with E-state index in [9.17, 15) is 76.6 Å². The monoisotopic (exact) mass is 818 g/mol. The first-order valence-corrected chi connectivity index (χ1v) is 18.5. The van der Waals surface area contributed by atoms with Crippen molar-refractivity contribution in [3.63, 3.8) is 0 Å². The topological polar surface area (TPSA) is 399 Å². The van der Waals surface area contributed by atoms with E-state index in [0.29, 0.717) is 0 Å². The van der Waals surface area contributed by atoms with Crippen LogP contribution in [0.15, 0.2) is 0 Å². The molecule has 7 aliphatic rings. The molecule has 0 bridgehead atoms. The van der Waals surface area contributed by atoms with Crippen LogP contribution in [0.1, 0.15) is 13.8 Å². The minimum Gasteiger partial charge on any atom is -0.394 e. The SMILES string of the molecule is CC1OC(O)C(O)C(O)C1NC1C(O)C(O)C(OC2OC(CO)C(OC3OC(C)C(NC4C(O)C(O)C(O)C5(CO)OC45)C(O)C3O)C(O)C2O)C2(CO)OC12. The molecule has 27 atom stereocenters. The molecule has 27 unspecified atom stereocenters. The van der Waals surface area contributed by atoms with Gasteiger partial charge >= 0.3 is 0 Å². The standard InChI is InChI=1S/C32H54N2O22/c1-6-9(13(38)20(45)28(49)50-6)33-12-16(41)19(44)27(32(5-37)26(12)56-32)54-30-22(47)17(42)23(8(3-35)52-30)53-29-21(46)14(39)10(7(2)51-29)34-11-15(40)18(43)24(48)31(4-36)25(11)55-31/h6-30,33-49H,3-5H2,1-2H3. The molecule has 5 aliphatic heterocycles. The lowest BCUT2D eigenvalue weighted by Gasteiger charge is -2.49. The Labute approximate surface area is 318 Å². The van der Waals surface area contributed by atoms with E-state index in [1.807, 2.05) is 0 Å². The van der Waals surface area contributed by atoms with Crippen molar-refractivity contribution >= 4 is 0 Å². The molecular weight excluding hydrogens is 764 g/mol. The fourth-order valence-electron chi connectivity index (χ4n) is 9.09. The van der Waals surface area contributed by atoms with E-state index in [1.165, 1.54) is 13.8 Å². The number of aliphatic hydroxyl groups is 15. The van der Waals surface area contributed by atoms with Gasteiger partial charge < -0.3 is 120 Å². The lowest BCUT2D eigenvalue weighted by Crippen LogP contribution is -2.71. The van der Waals surface area contributed by atoms with Crippen molar-refractivity contribution in [1.82, 2.24) is 10.6 Å². The highest BCUT2D eigenvalue weighted by Gasteiger charge is 2.74. The van der Waals surface area contributed by atoms with Gasteiger partial charge in [-0.05, 0) is 13.8 Å². The van der Waals surface area contributed by atoms with E-state index in [2.05, 4.69) is 10.6 Å². The number of aliphatic hydroxyl groups excluding tert-OH is 15. The summed E-state index contributed by atoms with van der Waals surface area (Å²) in [6, 6.07) is -4.55. The Hall–Kier alpha value is -0.960. The second-order valence-electron chi connectivity index (χ2n) is 15.9. The van der Waals surface area contributed by atoms with Crippen molar-refractivity contribution in [3.05, 3.63) is 0 Å². The van der Waals surface area contributed by atoms with Crippen LogP contribution < -0.4 is 10.6 Å². The molecule has 0 aromatic rings. The quantitative estimate of drug-likeness (QED) is 0.0861. The summed E-state index contributed by atoms with van der Waals surface area (Å²) in [6.07, 6.45) is -33.3. The van der Waals surface area contributed by atoms with Gasteiger partial charge in [0.1, 0.15) is 109 Å². The van der Waals surface area contributed by atoms with Gasteiger partial charge in [-0.15, -0.1) is 0 Å².